The Balaban J connectivity index is 1.43. The van der Waals surface area contributed by atoms with Crippen molar-refractivity contribution in [3.05, 3.63) is 80.0 Å². The molecule has 3 aliphatic rings. The first-order valence-electron chi connectivity index (χ1n) is 12.7. The monoisotopic (exact) mass is 551 g/mol. The summed E-state index contributed by atoms with van der Waals surface area (Å²) in [5, 5.41) is -0.218. The predicted molar refractivity (Wildman–Crippen MR) is 144 cm³/mol. The molecule has 1 aromatic heterocycles. The van der Waals surface area contributed by atoms with E-state index in [0.717, 1.165) is 36.2 Å². The molecule has 0 radical (unpaired) electrons. The van der Waals surface area contributed by atoms with Gasteiger partial charge in [0.25, 0.3) is 0 Å². The first-order chi connectivity index (χ1) is 18.3. The molecule has 2 fully saturated rings. The van der Waals surface area contributed by atoms with E-state index in [1.54, 1.807) is 29.2 Å². The zero-order valence-corrected chi connectivity index (χ0v) is 22.4. The van der Waals surface area contributed by atoms with E-state index in [2.05, 4.69) is 0 Å². The molecule has 0 spiro atoms. The Kier molecular flexibility index (Phi) is 6.47. The largest absolute Gasteiger partial charge is 0.341 e. The summed E-state index contributed by atoms with van der Waals surface area (Å²) in [6.45, 7) is 3.18. The molecule has 10 heteroatoms. The SMILES string of the molecule is Cc1ccc(N2C(=O)C3Sc4c(sc(=O)n4CC(=O)N4CCCCC4)C(c4ccc(F)cc4)C3C2=O)cc1. The highest BCUT2D eigenvalue weighted by Gasteiger charge is 2.56. The van der Waals surface area contributed by atoms with E-state index in [-0.39, 0.29) is 29.1 Å². The molecule has 0 N–H and O–H groups in total. The number of halogens is 1. The van der Waals surface area contributed by atoms with E-state index in [4.69, 9.17) is 0 Å². The van der Waals surface area contributed by atoms with Crippen LogP contribution in [-0.4, -0.2) is 45.5 Å². The molecule has 38 heavy (non-hydrogen) atoms. The maximum Gasteiger partial charge on any atom is 0.308 e. The summed E-state index contributed by atoms with van der Waals surface area (Å²) in [4.78, 5) is 57.3. The number of nitrogens with zero attached hydrogens (tertiary/aromatic N) is 3. The lowest BCUT2D eigenvalue weighted by Crippen LogP contribution is -2.39. The fourth-order valence-electron chi connectivity index (χ4n) is 5.61. The van der Waals surface area contributed by atoms with Crippen molar-refractivity contribution < 1.29 is 18.8 Å². The summed E-state index contributed by atoms with van der Waals surface area (Å²) in [5.41, 5.74) is 2.17. The number of anilines is 1. The van der Waals surface area contributed by atoms with Crippen LogP contribution in [0.1, 0.15) is 41.2 Å². The van der Waals surface area contributed by atoms with E-state index in [1.165, 1.54) is 33.4 Å². The number of carbonyl (C=O) groups excluding carboxylic acids is 3. The highest BCUT2D eigenvalue weighted by Crippen LogP contribution is 2.53. The van der Waals surface area contributed by atoms with Crippen molar-refractivity contribution in [1.29, 1.82) is 0 Å². The number of benzene rings is 2. The molecule has 3 aliphatic heterocycles. The highest BCUT2D eigenvalue weighted by atomic mass is 32.2. The lowest BCUT2D eigenvalue weighted by Gasteiger charge is -2.31. The number of rotatable bonds is 4. The van der Waals surface area contributed by atoms with Gasteiger partial charge in [0.2, 0.25) is 17.7 Å². The van der Waals surface area contributed by atoms with Gasteiger partial charge in [-0.15, -0.1) is 0 Å². The van der Waals surface area contributed by atoms with Crippen LogP contribution >= 0.6 is 23.1 Å². The van der Waals surface area contributed by atoms with Gasteiger partial charge in [-0.05, 0) is 56.0 Å². The summed E-state index contributed by atoms with van der Waals surface area (Å²) in [7, 11) is 0. The van der Waals surface area contributed by atoms with Gasteiger partial charge in [0, 0.05) is 23.9 Å². The van der Waals surface area contributed by atoms with Gasteiger partial charge < -0.3 is 4.90 Å². The van der Waals surface area contributed by atoms with Crippen LogP contribution in [0.25, 0.3) is 0 Å². The van der Waals surface area contributed by atoms with E-state index >= 15 is 0 Å². The maximum atomic E-state index is 13.8. The summed E-state index contributed by atoms with van der Waals surface area (Å²) in [6.07, 6.45) is 2.97. The van der Waals surface area contributed by atoms with Crippen LogP contribution in [0, 0.1) is 18.7 Å². The minimum Gasteiger partial charge on any atom is -0.341 e. The second kappa shape index (κ2) is 9.81. The number of aryl methyl sites for hydroxylation is 1. The van der Waals surface area contributed by atoms with Crippen LogP contribution in [-0.2, 0) is 20.9 Å². The van der Waals surface area contributed by atoms with Gasteiger partial charge in [-0.3, -0.25) is 23.7 Å². The van der Waals surface area contributed by atoms with Gasteiger partial charge in [-0.2, -0.15) is 0 Å². The van der Waals surface area contributed by atoms with Crippen molar-refractivity contribution in [3.63, 3.8) is 0 Å². The van der Waals surface area contributed by atoms with E-state index in [9.17, 15) is 23.6 Å². The van der Waals surface area contributed by atoms with Crippen molar-refractivity contribution >= 4 is 46.5 Å². The normalized spacial score (nSPS) is 22.9. The molecule has 0 saturated carbocycles. The van der Waals surface area contributed by atoms with Crippen LogP contribution in [0.15, 0.2) is 58.4 Å². The summed E-state index contributed by atoms with van der Waals surface area (Å²) in [6, 6.07) is 13.1. The Morgan fingerprint density at radius 2 is 1.63 bits per heavy atom. The molecule has 2 aromatic carbocycles. The first kappa shape index (κ1) is 25.1. The van der Waals surface area contributed by atoms with Gasteiger partial charge in [-0.25, -0.2) is 9.29 Å². The topological polar surface area (TPSA) is 79.7 Å². The van der Waals surface area contributed by atoms with Crippen LogP contribution in [0.5, 0.6) is 0 Å². The summed E-state index contributed by atoms with van der Waals surface area (Å²) in [5.74, 6) is -2.58. The third-order valence-electron chi connectivity index (χ3n) is 7.57. The number of imide groups is 1. The Hall–Kier alpha value is -3.24. The fraction of sp³-hybridized carbons (Fsp3) is 0.357. The number of thioether (sulfide) groups is 1. The number of piperidine rings is 1. The molecular formula is C28H26FN3O4S2. The molecule has 196 valence electrons. The van der Waals surface area contributed by atoms with Crippen LogP contribution in [0.2, 0.25) is 0 Å². The van der Waals surface area contributed by atoms with Crippen LogP contribution in [0.3, 0.4) is 0 Å². The highest BCUT2D eigenvalue weighted by molar-refractivity contribution is 8.00. The number of aromatic nitrogens is 1. The Labute approximate surface area is 227 Å². The van der Waals surface area contributed by atoms with Crippen LogP contribution in [0.4, 0.5) is 10.1 Å². The number of amides is 3. The molecule has 3 unspecified atom stereocenters. The molecule has 6 rings (SSSR count). The zero-order valence-electron chi connectivity index (χ0n) is 20.8. The molecule has 0 bridgehead atoms. The Morgan fingerprint density at radius 3 is 2.32 bits per heavy atom. The summed E-state index contributed by atoms with van der Waals surface area (Å²) >= 11 is 2.20. The third kappa shape index (κ3) is 4.19. The predicted octanol–water partition coefficient (Wildman–Crippen LogP) is 4.17. The van der Waals surface area contributed by atoms with Gasteiger partial charge in [0.1, 0.15) is 17.6 Å². The average Bonchev–Trinajstić information content (AvgIpc) is 3.36. The standard InChI is InChI=1S/C28H26FN3O4S2/c1-16-5-11-19(12-6-16)32-25(34)22-21(17-7-9-18(29)10-8-17)24-27(37-23(22)26(32)35)31(28(36)38-24)15-20(33)30-13-3-2-4-14-30/h5-12,21-23H,2-4,13-15H2,1H3. The van der Waals surface area contributed by atoms with E-state index < -0.39 is 22.9 Å². The Morgan fingerprint density at radius 1 is 0.947 bits per heavy atom. The molecule has 3 aromatic rings. The maximum absolute atomic E-state index is 13.8. The minimum absolute atomic E-state index is 0.102. The van der Waals surface area contributed by atoms with Crippen molar-refractivity contribution in [3.8, 4) is 0 Å². The molecular weight excluding hydrogens is 525 g/mol. The van der Waals surface area contributed by atoms with Gasteiger partial charge >= 0.3 is 4.87 Å². The van der Waals surface area contributed by atoms with Crippen molar-refractivity contribution in [1.82, 2.24) is 9.47 Å². The molecule has 4 heterocycles. The smallest absolute Gasteiger partial charge is 0.308 e. The first-order valence-corrected chi connectivity index (χ1v) is 14.4. The van der Waals surface area contributed by atoms with Crippen molar-refractivity contribution in [2.24, 2.45) is 5.92 Å². The van der Waals surface area contributed by atoms with Gasteiger partial charge in [-0.1, -0.05) is 52.9 Å². The van der Waals surface area contributed by atoms with Crippen molar-refractivity contribution in [2.45, 2.75) is 48.9 Å². The molecule has 0 aliphatic carbocycles. The number of hydrogen-bond donors (Lipinski definition) is 0. The number of carbonyl (C=O) groups is 3. The quantitative estimate of drug-likeness (QED) is 0.455. The zero-order chi connectivity index (χ0) is 26.6. The molecule has 3 atom stereocenters. The third-order valence-corrected chi connectivity index (χ3v) is 10.2. The molecule has 3 amide bonds. The fourth-order valence-corrected chi connectivity index (χ4v) is 8.38. The van der Waals surface area contributed by atoms with Crippen LogP contribution < -0.4 is 9.77 Å². The minimum atomic E-state index is -0.767. The number of thiazole rings is 1. The number of likely N-dealkylation sites (tertiary alicyclic amines) is 1. The number of fused-ring (bicyclic) bond motifs is 2. The molecule has 7 nitrogen and oxygen atoms in total. The second-order valence-electron chi connectivity index (χ2n) is 10.0. The lowest BCUT2D eigenvalue weighted by molar-refractivity contribution is -0.133. The molecule has 2 saturated heterocycles. The van der Waals surface area contributed by atoms with Gasteiger partial charge in [0.15, 0.2) is 0 Å². The second-order valence-corrected chi connectivity index (χ2v) is 12.1. The van der Waals surface area contributed by atoms with E-state index in [0.29, 0.717) is 34.2 Å². The van der Waals surface area contributed by atoms with E-state index in [1.807, 2.05) is 19.1 Å². The summed E-state index contributed by atoms with van der Waals surface area (Å²) < 4.78 is 15.3. The number of hydrogen-bond acceptors (Lipinski definition) is 6. The average molecular weight is 552 g/mol. The Bertz CT molecular complexity index is 1480. The van der Waals surface area contributed by atoms with Crippen molar-refractivity contribution in [2.75, 3.05) is 18.0 Å². The lowest BCUT2D eigenvalue weighted by atomic mass is 9.83. The van der Waals surface area contributed by atoms with Gasteiger partial charge in [0.05, 0.1) is 16.6 Å².